The van der Waals surface area contributed by atoms with Gasteiger partial charge >= 0.3 is 0 Å². The first-order chi connectivity index (χ1) is 7.78. The molecule has 2 nitrogen and oxygen atoms in total. The van der Waals surface area contributed by atoms with E-state index in [1.54, 1.807) is 0 Å². The van der Waals surface area contributed by atoms with Gasteiger partial charge < -0.3 is 10.1 Å². The van der Waals surface area contributed by atoms with E-state index in [-0.39, 0.29) is 11.2 Å². The van der Waals surface area contributed by atoms with Crippen LogP contribution in [0.1, 0.15) is 43.9 Å². The summed E-state index contributed by atoms with van der Waals surface area (Å²) in [7, 11) is 0. The zero-order chi connectivity index (χ0) is 12.7. The summed E-state index contributed by atoms with van der Waals surface area (Å²) >= 11 is 1.87. The minimum atomic E-state index is -0.0736. The highest BCUT2D eigenvalue weighted by Gasteiger charge is 2.45. The standard InChI is InChI=1S/C14H23NOS/c1-10-6-7-11(17-10)9-15-12-8-13(2,3)16-14(12,4)5/h6-7,12,15H,8-9H2,1-5H3. The molecule has 0 aliphatic carbocycles. The van der Waals surface area contributed by atoms with Crippen LogP contribution in [-0.2, 0) is 11.3 Å². The summed E-state index contributed by atoms with van der Waals surface area (Å²) in [4.78, 5) is 2.78. The third-order valence-corrected chi connectivity index (χ3v) is 4.39. The number of aryl methyl sites for hydroxylation is 1. The Bertz CT molecular complexity index is 395. The number of ether oxygens (including phenoxy) is 1. The molecule has 1 aliphatic rings. The first-order valence-electron chi connectivity index (χ1n) is 6.27. The number of nitrogens with one attached hydrogen (secondary N) is 1. The van der Waals surface area contributed by atoms with E-state index < -0.39 is 0 Å². The summed E-state index contributed by atoms with van der Waals surface area (Å²) in [6.07, 6.45) is 1.07. The van der Waals surface area contributed by atoms with E-state index in [0.717, 1.165) is 13.0 Å². The van der Waals surface area contributed by atoms with Gasteiger partial charge in [-0.2, -0.15) is 0 Å². The molecule has 1 unspecified atom stereocenters. The molecular weight excluding hydrogens is 230 g/mol. The maximum absolute atomic E-state index is 6.08. The Balaban J connectivity index is 1.95. The highest BCUT2D eigenvalue weighted by Crippen LogP contribution is 2.37. The van der Waals surface area contributed by atoms with Crippen LogP contribution in [0.5, 0.6) is 0 Å². The van der Waals surface area contributed by atoms with E-state index in [9.17, 15) is 0 Å². The van der Waals surface area contributed by atoms with Gasteiger partial charge in [0.2, 0.25) is 0 Å². The van der Waals surface area contributed by atoms with Crippen molar-refractivity contribution >= 4 is 11.3 Å². The van der Waals surface area contributed by atoms with Crippen LogP contribution in [0, 0.1) is 6.92 Å². The topological polar surface area (TPSA) is 21.3 Å². The van der Waals surface area contributed by atoms with E-state index in [2.05, 4.69) is 52.1 Å². The Morgan fingerprint density at radius 2 is 2.06 bits per heavy atom. The monoisotopic (exact) mass is 253 g/mol. The van der Waals surface area contributed by atoms with Gasteiger partial charge in [0.1, 0.15) is 0 Å². The molecule has 96 valence electrons. The minimum absolute atomic E-state index is 0.00741. The third kappa shape index (κ3) is 3.09. The van der Waals surface area contributed by atoms with Gasteiger partial charge in [0.15, 0.2) is 0 Å². The van der Waals surface area contributed by atoms with Crippen molar-refractivity contribution < 1.29 is 4.74 Å². The van der Waals surface area contributed by atoms with Crippen molar-refractivity contribution in [1.82, 2.24) is 5.32 Å². The molecule has 0 amide bonds. The SMILES string of the molecule is Cc1ccc(CNC2CC(C)(C)OC2(C)C)s1. The lowest BCUT2D eigenvalue weighted by Gasteiger charge is -2.27. The lowest BCUT2D eigenvalue weighted by molar-refractivity contribution is -0.0699. The van der Waals surface area contributed by atoms with Crippen molar-refractivity contribution in [3.8, 4) is 0 Å². The summed E-state index contributed by atoms with van der Waals surface area (Å²) in [6, 6.07) is 4.82. The van der Waals surface area contributed by atoms with Crippen LogP contribution >= 0.6 is 11.3 Å². The first kappa shape index (κ1) is 13.1. The predicted molar refractivity (Wildman–Crippen MR) is 73.5 cm³/mol. The van der Waals surface area contributed by atoms with Gasteiger partial charge in [-0.3, -0.25) is 0 Å². The lowest BCUT2D eigenvalue weighted by Crippen LogP contribution is -2.42. The summed E-state index contributed by atoms with van der Waals surface area (Å²) in [5.41, 5.74) is -0.0810. The average Bonchev–Trinajstić information content (AvgIpc) is 2.64. The second-order valence-electron chi connectivity index (χ2n) is 6.12. The predicted octanol–water partition coefficient (Wildman–Crippen LogP) is 3.49. The van der Waals surface area contributed by atoms with Crippen molar-refractivity contribution in [2.45, 2.75) is 64.8 Å². The second-order valence-corrected chi connectivity index (χ2v) is 7.49. The third-order valence-electron chi connectivity index (χ3n) is 3.39. The van der Waals surface area contributed by atoms with Gasteiger partial charge in [0.25, 0.3) is 0 Å². The maximum atomic E-state index is 6.08. The van der Waals surface area contributed by atoms with Crippen LogP contribution in [-0.4, -0.2) is 17.2 Å². The summed E-state index contributed by atoms with van der Waals surface area (Å²) in [5.74, 6) is 0. The van der Waals surface area contributed by atoms with Crippen molar-refractivity contribution in [3.63, 3.8) is 0 Å². The normalized spacial score (nSPS) is 26.3. The van der Waals surface area contributed by atoms with Crippen molar-refractivity contribution in [2.24, 2.45) is 0 Å². The molecule has 1 aromatic heterocycles. The Hall–Kier alpha value is -0.380. The molecule has 1 aromatic rings. The lowest BCUT2D eigenvalue weighted by atomic mass is 9.94. The molecule has 17 heavy (non-hydrogen) atoms. The number of rotatable bonds is 3. The summed E-state index contributed by atoms with van der Waals surface area (Å²) in [6.45, 7) is 11.8. The fraction of sp³-hybridized carbons (Fsp3) is 0.714. The first-order valence-corrected chi connectivity index (χ1v) is 7.09. The number of hydrogen-bond donors (Lipinski definition) is 1. The molecule has 1 atom stereocenters. The van der Waals surface area contributed by atoms with Gasteiger partial charge in [-0.25, -0.2) is 0 Å². The average molecular weight is 253 g/mol. The molecule has 0 spiro atoms. The van der Waals surface area contributed by atoms with Gasteiger partial charge in [-0.05, 0) is 53.2 Å². The van der Waals surface area contributed by atoms with Crippen LogP contribution in [0.2, 0.25) is 0 Å². The Labute approximate surface area is 108 Å². The van der Waals surface area contributed by atoms with Crippen LogP contribution in [0.25, 0.3) is 0 Å². The highest BCUT2D eigenvalue weighted by molar-refractivity contribution is 7.11. The molecule has 0 aromatic carbocycles. The molecular formula is C14H23NOS. The van der Waals surface area contributed by atoms with Crippen LogP contribution in [0.3, 0.4) is 0 Å². The molecule has 1 saturated heterocycles. The molecule has 2 heterocycles. The van der Waals surface area contributed by atoms with Gasteiger partial charge in [0.05, 0.1) is 11.2 Å². The van der Waals surface area contributed by atoms with Crippen molar-refractivity contribution in [2.75, 3.05) is 0 Å². The fourth-order valence-corrected chi connectivity index (χ4v) is 3.53. The number of hydrogen-bond acceptors (Lipinski definition) is 3. The van der Waals surface area contributed by atoms with E-state index in [0.29, 0.717) is 6.04 Å². The van der Waals surface area contributed by atoms with Gasteiger partial charge in [-0.1, -0.05) is 0 Å². The summed E-state index contributed by atoms with van der Waals surface area (Å²) < 4.78 is 6.08. The van der Waals surface area contributed by atoms with E-state index in [1.165, 1.54) is 9.75 Å². The zero-order valence-electron chi connectivity index (χ0n) is 11.5. The molecule has 0 saturated carbocycles. The second kappa shape index (κ2) is 4.38. The van der Waals surface area contributed by atoms with Gasteiger partial charge in [-0.15, -0.1) is 11.3 Å². The van der Waals surface area contributed by atoms with E-state index in [4.69, 9.17) is 4.74 Å². The molecule has 1 N–H and O–H groups in total. The highest BCUT2D eigenvalue weighted by atomic mass is 32.1. The molecule has 2 rings (SSSR count). The van der Waals surface area contributed by atoms with Gasteiger partial charge in [0, 0.05) is 22.3 Å². The molecule has 1 fully saturated rings. The molecule has 0 bridgehead atoms. The molecule has 1 aliphatic heterocycles. The Morgan fingerprint density at radius 1 is 1.35 bits per heavy atom. The quantitative estimate of drug-likeness (QED) is 0.890. The smallest absolute Gasteiger partial charge is 0.0787 e. The number of thiophene rings is 1. The largest absolute Gasteiger partial charge is 0.368 e. The Morgan fingerprint density at radius 3 is 2.53 bits per heavy atom. The minimum Gasteiger partial charge on any atom is -0.368 e. The Kier molecular flexibility index (Phi) is 3.36. The molecule has 0 radical (unpaired) electrons. The summed E-state index contributed by atoms with van der Waals surface area (Å²) in [5, 5.41) is 3.64. The van der Waals surface area contributed by atoms with E-state index in [1.807, 2.05) is 11.3 Å². The molecule has 3 heteroatoms. The van der Waals surface area contributed by atoms with Crippen LogP contribution in [0.4, 0.5) is 0 Å². The van der Waals surface area contributed by atoms with Crippen LogP contribution < -0.4 is 5.32 Å². The van der Waals surface area contributed by atoms with E-state index >= 15 is 0 Å². The van der Waals surface area contributed by atoms with Crippen molar-refractivity contribution in [3.05, 3.63) is 21.9 Å². The fourth-order valence-electron chi connectivity index (χ4n) is 2.68. The van der Waals surface area contributed by atoms with Crippen molar-refractivity contribution in [1.29, 1.82) is 0 Å². The van der Waals surface area contributed by atoms with Crippen LogP contribution in [0.15, 0.2) is 12.1 Å². The maximum Gasteiger partial charge on any atom is 0.0787 e. The zero-order valence-corrected chi connectivity index (χ0v) is 12.3.